The second-order valence-corrected chi connectivity index (χ2v) is 8.05. The average Bonchev–Trinajstić information content (AvgIpc) is 3.40. The van der Waals surface area contributed by atoms with Crippen molar-refractivity contribution in [3.63, 3.8) is 0 Å². The van der Waals surface area contributed by atoms with Crippen LogP contribution in [0.25, 0.3) is 0 Å². The van der Waals surface area contributed by atoms with E-state index in [1.807, 2.05) is 0 Å². The number of likely N-dealkylation sites (N-methyl/N-ethyl adjacent to an activating group) is 1. The van der Waals surface area contributed by atoms with E-state index in [4.69, 9.17) is 4.74 Å². The van der Waals surface area contributed by atoms with E-state index in [-0.39, 0.29) is 24.3 Å². The van der Waals surface area contributed by atoms with E-state index in [0.29, 0.717) is 34.5 Å². The first-order valence-electron chi connectivity index (χ1n) is 10.6. The number of hydrogen-bond donors (Lipinski definition) is 0. The number of imide groups is 1. The summed E-state index contributed by atoms with van der Waals surface area (Å²) in [7, 11) is 3.31. The number of nitrogens with zero attached hydrogens (tertiary/aromatic N) is 3. The molecule has 2 heterocycles. The van der Waals surface area contributed by atoms with Crippen LogP contribution in [0.5, 0.6) is 5.75 Å². The largest absolute Gasteiger partial charge is 0.496 e. The zero-order valence-electron chi connectivity index (χ0n) is 18.0. The van der Waals surface area contributed by atoms with Crippen LogP contribution in [-0.2, 0) is 6.54 Å². The van der Waals surface area contributed by atoms with Crippen LogP contribution >= 0.6 is 0 Å². The Kier molecular flexibility index (Phi) is 6.04. The van der Waals surface area contributed by atoms with Crippen molar-refractivity contribution in [2.45, 2.75) is 19.4 Å². The molecule has 4 rings (SSSR count). The number of ether oxygens (including phenoxy) is 1. The highest BCUT2D eigenvalue weighted by Crippen LogP contribution is 2.27. The van der Waals surface area contributed by atoms with Gasteiger partial charge in [0.2, 0.25) is 0 Å². The number of fused-ring (bicyclic) bond motifs is 1. The minimum absolute atomic E-state index is 0.105. The maximum absolute atomic E-state index is 13.1. The van der Waals surface area contributed by atoms with Gasteiger partial charge in [0.25, 0.3) is 17.7 Å². The summed E-state index contributed by atoms with van der Waals surface area (Å²) in [4.78, 5) is 43.7. The van der Waals surface area contributed by atoms with Crippen LogP contribution in [0.4, 0.5) is 0 Å². The van der Waals surface area contributed by atoms with Crippen molar-refractivity contribution in [1.82, 2.24) is 14.7 Å². The minimum Gasteiger partial charge on any atom is -0.496 e. The highest BCUT2D eigenvalue weighted by Gasteiger charge is 2.35. The van der Waals surface area contributed by atoms with Gasteiger partial charge in [-0.15, -0.1) is 0 Å². The topological polar surface area (TPSA) is 70.2 Å². The van der Waals surface area contributed by atoms with Gasteiger partial charge >= 0.3 is 0 Å². The Morgan fingerprint density at radius 2 is 1.68 bits per heavy atom. The Morgan fingerprint density at radius 3 is 2.29 bits per heavy atom. The molecule has 162 valence electrons. The molecule has 2 aromatic carbocycles. The number of benzene rings is 2. The summed E-state index contributed by atoms with van der Waals surface area (Å²) in [6.45, 7) is 3.75. The SMILES string of the molecule is COc1ccc(CN2C(=O)c3ccccc3C2=O)cc1C(=O)N(C)CCN1CCCC1. The summed E-state index contributed by atoms with van der Waals surface area (Å²) in [5.74, 6) is -0.288. The molecule has 1 saturated heterocycles. The smallest absolute Gasteiger partial charge is 0.261 e. The van der Waals surface area contributed by atoms with E-state index in [1.54, 1.807) is 54.4 Å². The predicted octanol–water partition coefficient (Wildman–Crippen LogP) is 2.66. The molecule has 2 aliphatic heterocycles. The Balaban J connectivity index is 1.50. The number of carbonyl (C=O) groups excluding carboxylic acids is 3. The molecule has 7 heteroatoms. The summed E-state index contributed by atoms with van der Waals surface area (Å²) in [6.07, 6.45) is 2.43. The van der Waals surface area contributed by atoms with Gasteiger partial charge in [-0.2, -0.15) is 0 Å². The molecule has 0 spiro atoms. The lowest BCUT2D eigenvalue weighted by Crippen LogP contribution is -2.35. The summed E-state index contributed by atoms with van der Waals surface area (Å²) < 4.78 is 5.41. The van der Waals surface area contributed by atoms with Gasteiger partial charge in [0.15, 0.2) is 0 Å². The fraction of sp³-hybridized carbons (Fsp3) is 0.375. The maximum atomic E-state index is 13.1. The highest BCUT2D eigenvalue weighted by molar-refractivity contribution is 6.21. The lowest BCUT2D eigenvalue weighted by molar-refractivity contribution is 0.0642. The number of methoxy groups -OCH3 is 1. The summed E-state index contributed by atoms with van der Waals surface area (Å²) in [5.41, 5.74) is 1.96. The molecular formula is C24H27N3O4. The van der Waals surface area contributed by atoms with Crippen molar-refractivity contribution in [3.8, 4) is 5.75 Å². The van der Waals surface area contributed by atoms with Gasteiger partial charge in [0.05, 0.1) is 30.3 Å². The molecule has 0 atom stereocenters. The molecule has 7 nitrogen and oxygen atoms in total. The van der Waals surface area contributed by atoms with Crippen molar-refractivity contribution in [2.75, 3.05) is 40.3 Å². The first kappa shape index (κ1) is 21.1. The third-order valence-electron chi connectivity index (χ3n) is 6.01. The van der Waals surface area contributed by atoms with E-state index < -0.39 is 0 Å². The van der Waals surface area contributed by atoms with Crippen molar-refractivity contribution in [1.29, 1.82) is 0 Å². The van der Waals surface area contributed by atoms with Crippen molar-refractivity contribution in [2.24, 2.45) is 0 Å². The summed E-state index contributed by atoms with van der Waals surface area (Å²) in [5, 5.41) is 0. The Labute approximate surface area is 182 Å². The normalized spacial score (nSPS) is 16.0. The van der Waals surface area contributed by atoms with Crippen LogP contribution in [0.2, 0.25) is 0 Å². The van der Waals surface area contributed by atoms with E-state index in [2.05, 4.69) is 4.90 Å². The Bertz CT molecular complexity index is 979. The zero-order chi connectivity index (χ0) is 22.0. The number of amides is 3. The lowest BCUT2D eigenvalue weighted by Gasteiger charge is -2.23. The van der Waals surface area contributed by atoms with Crippen LogP contribution in [0.1, 0.15) is 49.5 Å². The number of carbonyl (C=O) groups is 3. The first-order chi connectivity index (χ1) is 15.0. The average molecular weight is 421 g/mol. The molecule has 2 aliphatic rings. The van der Waals surface area contributed by atoms with E-state index in [0.717, 1.165) is 19.6 Å². The molecule has 0 bridgehead atoms. The second-order valence-electron chi connectivity index (χ2n) is 8.05. The van der Waals surface area contributed by atoms with Gasteiger partial charge in [-0.05, 0) is 55.8 Å². The van der Waals surface area contributed by atoms with E-state index in [1.165, 1.54) is 24.9 Å². The number of rotatable bonds is 7. The van der Waals surface area contributed by atoms with Crippen molar-refractivity contribution in [3.05, 3.63) is 64.7 Å². The van der Waals surface area contributed by atoms with Gasteiger partial charge in [-0.1, -0.05) is 18.2 Å². The Hall–Kier alpha value is -3.19. The molecule has 0 saturated carbocycles. The third kappa shape index (κ3) is 4.18. The fourth-order valence-corrected chi connectivity index (χ4v) is 4.19. The molecule has 1 fully saturated rings. The van der Waals surface area contributed by atoms with Gasteiger partial charge in [-0.25, -0.2) is 0 Å². The lowest BCUT2D eigenvalue weighted by atomic mass is 10.1. The van der Waals surface area contributed by atoms with Gasteiger partial charge in [-0.3, -0.25) is 19.3 Å². The number of hydrogen-bond acceptors (Lipinski definition) is 5. The highest BCUT2D eigenvalue weighted by atomic mass is 16.5. The summed E-state index contributed by atoms with van der Waals surface area (Å²) >= 11 is 0. The predicted molar refractivity (Wildman–Crippen MR) is 116 cm³/mol. The fourth-order valence-electron chi connectivity index (χ4n) is 4.19. The zero-order valence-corrected chi connectivity index (χ0v) is 18.0. The molecular weight excluding hydrogens is 394 g/mol. The van der Waals surface area contributed by atoms with Crippen LogP contribution in [0, 0.1) is 0 Å². The molecule has 3 amide bonds. The molecule has 0 aliphatic carbocycles. The standard InChI is InChI=1S/C24H27N3O4/c1-25(13-14-26-11-5-6-12-26)22(28)20-15-17(9-10-21(20)31-2)16-27-23(29)18-7-3-4-8-19(18)24(27)30/h3-4,7-10,15H,5-6,11-14,16H2,1-2H3. The van der Waals surface area contributed by atoms with Crippen molar-refractivity contribution < 1.29 is 19.1 Å². The molecule has 0 radical (unpaired) electrons. The van der Waals surface area contributed by atoms with Crippen LogP contribution in [-0.4, -0.2) is 72.8 Å². The molecule has 2 aromatic rings. The van der Waals surface area contributed by atoms with Crippen LogP contribution in [0.15, 0.2) is 42.5 Å². The quantitative estimate of drug-likeness (QED) is 0.643. The second kappa shape index (κ2) is 8.89. The van der Waals surface area contributed by atoms with Gasteiger partial charge in [0.1, 0.15) is 5.75 Å². The van der Waals surface area contributed by atoms with E-state index >= 15 is 0 Å². The van der Waals surface area contributed by atoms with E-state index in [9.17, 15) is 14.4 Å². The molecule has 0 unspecified atom stereocenters. The Morgan fingerprint density at radius 1 is 1.03 bits per heavy atom. The maximum Gasteiger partial charge on any atom is 0.261 e. The van der Waals surface area contributed by atoms with Crippen LogP contribution < -0.4 is 4.74 Å². The van der Waals surface area contributed by atoms with Gasteiger partial charge < -0.3 is 14.5 Å². The molecule has 31 heavy (non-hydrogen) atoms. The molecule has 0 N–H and O–H groups in total. The number of likely N-dealkylation sites (tertiary alicyclic amines) is 1. The van der Waals surface area contributed by atoms with Gasteiger partial charge in [0, 0.05) is 20.1 Å². The monoisotopic (exact) mass is 421 g/mol. The van der Waals surface area contributed by atoms with Crippen molar-refractivity contribution >= 4 is 17.7 Å². The third-order valence-corrected chi connectivity index (χ3v) is 6.01. The summed E-state index contributed by atoms with van der Waals surface area (Å²) in [6, 6.07) is 12.0. The van der Waals surface area contributed by atoms with Crippen LogP contribution in [0.3, 0.4) is 0 Å². The first-order valence-corrected chi connectivity index (χ1v) is 10.6. The minimum atomic E-state index is -0.313. The molecule has 0 aromatic heterocycles.